The first-order chi connectivity index (χ1) is 14.8. The zero-order valence-electron chi connectivity index (χ0n) is 17.4. The van der Waals surface area contributed by atoms with Crippen molar-refractivity contribution in [1.82, 2.24) is 15.1 Å². The van der Waals surface area contributed by atoms with E-state index in [1.54, 1.807) is 19.1 Å². The molecule has 0 radical (unpaired) electrons. The lowest BCUT2D eigenvalue weighted by atomic mass is 10.2. The molecule has 0 aliphatic heterocycles. The smallest absolute Gasteiger partial charge is 0.294 e. The van der Waals surface area contributed by atoms with Crippen LogP contribution in [0.3, 0.4) is 0 Å². The van der Waals surface area contributed by atoms with Crippen molar-refractivity contribution in [1.29, 1.82) is 0 Å². The van der Waals surface area contributed by atoms with Gasteiger partial charge in [0.2, 0.25) is 5.43 Å². The average molecular weight is 422 g/mol. The van der Waals surface area contributed by atoms with E-state index in [0.717, 1.165) is 5.56 Å². The number of carbonyl (C=O) groups excluding carboxylic acids is 1. The maximum atomic E-state index is 12.7. The van der Waals surface area contributed by atoms with E-state index in [1.165, 1.54) is 28.9 Å². The second-order valence-corrected chi connectivity index (χ2v) is 7.11. The monoisotopic (exact) mass is 422 g/mol. The number of nitrogens with zero attached hydrogens (tertiary/aromatic N) is 3. The Morgan fingerprint density at radius 2 is 1.87 bits per heavy atom. The van der Waals surface area contributed by atoms with E-state index in [9.17, 15) is 19.7 Å². The van der Waals surface area contributed by atoms with Gasteiger partial charge in [0.25, 0.3) is 11.6 Å². The van der Waals surface area contributed by atoms with Gasteiger partial charge >= 0.3 is 0 Å². The zero-order valence-corrected chi connectivity index (χ0v) is 17.4. The Morgan fingerprint density at radius 3 is 2.58 bits per heavy atom. The van der Waals surface area contributed by atoms with Crippen molar-refractivity contribution in [3.63, 3.8) is 0 Å². The number of ether oxygens (including phenoxy) is 1. The van der Waals surface area contributed by atoms with E-state index < -0.39 is 16.3 Å². The van der Waals surface area contributed by atoms with Gasteiger partial charge < -0.3 is 10.1 Å². The molecule has 1 N–H and O–H groups in total. The van der Waals surface area contributed by atoms with E-state index >= 15 is 0 Å². The number of aromatic nitrogens is 2. The SMILES string of the molecule is Cc1cc(=O)c(C(=O)NCc2ccccc2OC(C)C)nn1-c1ccccc1[N+](=O)[O-]. The third-order valence-electron chi connectivity index (χ3n) is 4.40. The van der Waals surface area contributed by atoms with Crippen molar-refractivity contribution in [2.24, 2.45) is 0 Å². The number of hydrogen-bond acceptors (Lipinski definition) is 6. The van der Waals surface area contributed by atoms with Crippen molar-refractivity contribution in [3.8, 4) is 11.4 Å². The predicted octanol–water partition coefficient (Wildman–Crippen LogP) is 3.17. The number of amides is 1. The fourth-order valence-electron chi connectivity index (χ4n) is 3.02. The summed E-state index contributed by atoms with van der Waals surface area (Å²) in [7, 11) is 0. The molecule has 0 saturated heterocycles. The summed E-state index contributed by atoms with van der Waals surface area (Å²) in [4.78, 5) is 36.0. The molecule has 0 atom stereocenters. The number of benzene rings is 2. The lowest BCUT2D eigenvalue weighted by Crippen LogP contribution is -2.32. The molecule has 9 heteroatoms. The molecule has 0 bridgehead atoms. The summed E-state index contributed by atoms with van der Waals surface area (Å²) in [6, 6.07) is 14.5. The Bertz CT molecular complexity index is 1190. The van der Waals surface area contributed by atoms with Crippen LogP contribution in [0.5, 0.6) is 5.75 Å². The van der Waals surface area contributed by atoms with Gasteiger partial charge in [-0.3, -0.25) is 19.7 Å². The molecule has 9 nitrogen and oxygen atoms in total. The molecular weight excluding hydrogens is 400 g/mol. The summed E-state index contributed by atoms with van der Waals surface area (Å²) in [6.45, 7) is 5.52. The lowest BCUT2D eigenvalue weighted by molar-refractivity contribution is -0.384. The number of nitro benzene ring substituents is 1. The minimum Gasteiger partial charge on any atom is -0.491 e. The molecule has 3 rings (SSSR count). The van der Waals surface area contributed by atoms with E-state index in [4.69, 9.17) is 4.74 Å². The largest absolute Gasteiger partial charge is 0.491 e. The molecule has 2 aromatic carbocycles. The van der Waals surface area contributed by atoms with Crippen LogP contribution < -0.4 is 15.5 Å². The highest BCUT2D eigenvalue weighted by molar-refractivity contribution is 5.92. The van der Waals surface area contributed by atoms with Gasteiger partial charge in [-0.05, 0) is 32.9 Å². The highest BCUT2D eigenvalue weighted by Crippen LogP contribution is 2.22. The topological polar surface area (TPSA) is 116 Å². The molecule has 0 fully saturated rings. The van der Waals surface area contributed by atoms with Crippen molar-refractivity contribution in [2.75, 3.05) is 0 Å². The van der Waals surface area contributed by atoms with Crippen LogP contribution in [0.25, 0.3) is 5.69 Å². The van der Waals surface area contributed by atoms with E-state index in [1.807, 2.05) is 32.0 Å². The number of nitrogens with one attached hydrogen (secondary N) is 1. The number of para-hydroxylation sites is 3. The fourth-order valence-corrected chi connectivity index (χ4v) is 3.02. The molecule has 1 amide bonds. The minimum atomic E-state index is -0.684. The fraction of sp³-hybridized carbons (Fsp3) is 0.227. The zero-order chi connectivity index (χ0) is 22.5. The Kier molecular flexibility index (Phi) is 6.44. The van der Waals surface area contributed by atoms with Gasteiger partial charge in [0.1, 0.15) is 11.4 Å². The summed E-state index contributed by atoms with van der Waals surface area (Å²) >= 11 is 0. The van der Waals surface area contributed by atoms with Crippen LogP contribution in [0.15, 0.2) is 59.4 Å². The van der Waals surface area contributed by atoms with E-state index in [-0.39, 0.29) is 29.7 Å². The quantitative estimate of drug-likeness (QED) is 0.462. The van der Waals surface area contributed by atoms with Gasteiger partial charge in [-0.2, -0.15) is 5.10 Å². The third-order valence-corrected chi connectivity index (χ3v) is 4.40. The average Bonchev–Trinajstić information content (AvgIpc) is 2.72. The Labute approximate surface area is 178 Å². The highest BCUT2D eigenvalue weighted by atomic mass is 16.6. The van der Waals surface area contributed by atoms with E-state index in [2.05, 4.69) is 10.4 Å². The van der Waals surface area contributed by atoms with Gasteiger partial charge in [0.05, 0.1) is 11.0 Å². The van der Waals surface area contributed by atoms with Crippen molar-refractivity contribution < 1.29 is 14.5 Å². The van der Waals surface area contributed by atoms with Crippen LogP contribution in [0.2, 0.25) is 0 Å². The minimum absolute atomic E-state index is 0.0375. The molecule has 0 saturated carbocycles. The maximum absolute atomic E-state index is 12.7. The van der Waals surface area contributed by atoms with Crippen molar-refractivity contribution >= 4 is 11.6 Å². The third kappa shape index (κ3) is 4.95. The molecule has 1 heterocycles. The second kappa shape index (κ2) is 9.21. The van der Waals surface area contributed by atoms with Crippen LogP contribution in [-0.2, 0) is 6.54 Å². The van der Waals surface area contributed by atoms with Crippen molar-refractivity contribution in [3.05, 3.63) is 91.9 Å². The summed E-state index contributed by atoms with van der Waals surface area (Å²) in [6.07, 6.45) is -0.0375. The molecular formula is C22H22N4O5. The number of hydrogen-bond donors (Lipinski definition) is 1. The predicted molar refractivity (Wildman–Crippen MR) is 115 cm³/mol. The van der Waals surface area contributed by atoms with Crippen molar-refractivity contribution in [2.45, 2.75) is 33.4 Å². The first-order valence-corrected chi connectivity index (χ1v) is 9.65. The molecule has 0 aliphatic rings. The number of rotatable bonds is 7. The normalized spacial score (nSPS) is 10.7. The Hall–Kier alpha value is -4.01. The molecule has 31 heavy (non-hydrogen) atoms. The Morgan fingerprint density at radius 1 is 1.19 bits per heavy atom. The highest BCUT2D eigenvalue weighted by Gasteiger charge is 2.20. The second-order valence-electron chi connectivity index (χ2n) is 7.11. The number of carbonyl (C=O) groups is 1. The number of nitro groups is 1. The van der Waals surface area contributed by atoms with Gasteiger partial charge in [-0.25, -0.2) is 4.68 Å². The summed E-state index contributed by atoms with van der Waals surface area (Å²) in [5.74, 6) is -0.0522. The lowest BCUT2D eigenvalue weighted by Gasteiger charge is -2.15. The van der Waals surface area contributed by atoms with Crippen LogP contribution in [-0.4, -0.2) is 26.7 Å². The molecule has 0 aliphatic carbocycles. The van der Waals surface area contributed by atoms with Gasteiger partial charge in [-0.1, -0.05) is 30.3 Å². The number of aryl methyl sites for hydroxylation is 1. The van der Waals surface area contributed by atoms with Gasteiger partial charge in [0, 0.05) is 29.9 Å². The first-order valence-electron chi connectivity index (χ1n) is 9.65. The maximum Gasteiger partial charge on any atom is 0.294 e. The van der Waals surface area contributed by atoms with Crippen LogP contribution in [0.1, 0.15) is 35.6 Å². The summed E-state index contributed by atoms with van der Waals surface area (Å²) in [5.41, 5.74) is 0.160. The standard InChI is InChI=1S/C22H22N4O5/c1-14(2)31-20-11-7-4-8-16(20)13-23-22(28)21-19(27)12-15(3)25(24-21)17-9-5-6-10-18(17)26(29)30/h4-12,14H,13H2,1-3H3,(H,23,28). The van der Waals surface area contributed by atoms with Crippen LogP contribution in [0, 0.1) is 17.0 Å². The molecule has 1 aromatic heterocycles. The first kappa shape index (κ1) is 21.7. The van der Waals surface area contributed by atoms with Gasteiger partial charge in [0.15, 0.2) is 5.69 Å². The van der Waals surface area contributed by atoms with Crippen LogP contribution >= 0.6 is 0 Å². The van der Waals surface area contributed by atoms with Gasteiger partial charge in [-0.15, -0.1) is 0 Å². The summed E-state index contributed by atoms with van der Waals surface area (Å²) in [5, 5.41) is 18.2. The summed E-state index contributed by atoms with van der Waals surface area (Å²) < 4.78 is 6.97. The van der Waals surface area contributed by atoms with Crippen LogP contribution in [0.4, 0.5) is 5.69 Å². The molecule has 0 unspecified atom stereocenters. The Balaban J connectivity index is 1.91. The molecule has 160 valence electrons. The molecule has 3 aromatic rings. The van der Waals surface area contributed by atoms with E-state index in [0.29, 0.717) is 11.4 Å². The molecule has 0 spiro atoms.